The van der Waals surface area contributed by atoms with Gasteiger partial charge >= 0.3 is 0 Å². The molecule has 0 saturated heterocycles. The van der Waals surface area contributed by atoms with Crippen molar-refractivity contribution in [3.05, 3.63) is 30.1 Å². The number of aromatic nitrogens is 1. The summed E-state index contributed by atoms with van der Waals surface area (Å²) in [7, 11) is 4.22. The molecule has 0 radical (unpaired) electrons. The molecule has 1 rings (SSSR count). The number of hydrogen-bond donors (Lipinski definition) is 1. The second kappa shape index (κ2) is 6.12. The Kier molecular flexibility index (Phi) is 5.09. The fraction of sp³-hybridized carbons (Fsp3) is 0.643. The lowest BCUT2D eigenvalue weighted by atomic mass is 9.88. The van der Waals surface area contributed by atoms with Gasteiger partial charge in [0.15, 0.2) is 0 Å². The molecule has 0 spiro atoms. The van der Waals surface area contributed by atoms with E-state index in [-0.39, 0.29) is 5.54 Å². The Morgan fingerprint density at radius 3 is 2.47 bits per heavy atom. The zero-order valence-corrected chi connectivity index (χ0v) is 11.7. The van der Waals surface area contributed by atoms with Gasteiger partial charge in [0.25, 0.3) is 0 Å². The number of nitrogens with one attached hydrogen (secondary N) is 1. The van der Waals surface area contributed by atoms with Crippen molar-refractivity contribution >= 4 is 0 Å². The summed E-state index contributed by atoms with van der Waals surface area (Å²) < 4.78 is 0. The van der Waals surface area contributed by atoms with Crippen LogP contribution in [0.1, 0.15) is 32.8 Å². The fourth-order valence-corrected chi connectivity index (χ4v) is 2.16. The van der Waals surface area contributed by atoms with Gasteiger partial charge in [-0.05, 0) is 52.1 Å². The number of hydrogen-bond acceptors (Lipinski definition) is 3. The predicted molar refractivity (Wildman–Crippen MR) is 72.9 cm³/mol. The normalized spacial score (nSPS) is 16.8. The molecule has 1 aromatic heterocycles. The van der Waals surface area contributed by atoms with Crippen LogP contribution in [0.3, 0.4) is 0 Å². The summed E-state index contributed by atoms with van der Waals surface area (Å²) in [6, 6.07) is 4.62. The SMILES string of the molecule is CCC(C)(C(C)NC)N(C)Cc1ccncc1. The molecule has 0 amide bonds. The van der Waals surface area contributed by atoms with E-state index in [2.05, 4.69) is 55.2 Å². The summed E-state index contributed by atoms with van der Waals surface area (Å²) >= 11 is 0. The van der Waals surface area contributed by atoms with Crippen molar-refractivity contribution in [2.45, 2.75) is 45.3 Å². The molecule has 0 aliphatic carbocycles. The zero-order valence-electron chi connectivity index (χ0n) is 11.7. The van der Waals surface area contributed by atoms with Gasteiger partial charge in [-0.25, -0.2) is 0 Å². The van der Waals surface area contributed by atoms with Crippen molar-refractivity contribution < 1.29 is 0 Å². The lowest BCUT2D eigenvalue weighted by Gasteiger charge is -2.43. The molecule has 0 fully saturated rings. The third-order valence-corrected chi connectivity index (χ3v) is 4.12. The highest BCUT2D eigenvalue weighted by molar-refractivity contribution is 5.10. The third kappa shape index (κ3) is 3.27. The van der Waals surface area contributed by atoms with Gasteiger partial charge in [-0.1, -0.05) is 6.92 Å². The molecule has 0 aromatic carbocycles. The van der Waals surface area contributed by atoms with E-state index < -0.39 is 0 Å². The van der Waals surface area contributed by atoms with Crippen LogP contribution < -0.4 is 5.32 Å². The molecule has 3 heteroatoms. The molecule has 1 aromatic rings. The van der Waals surface area contributed by atoms with Gasteiger partial charge in [0.05, 0.1) is 0 Å². The Hall–Kier alpha value is -0.930. The molecule has 3 nitrogen and oxygen atoms in total. The van der Waals surface area contributed by atoms with E-state index in [4.69, 9.17) is 0 Å². The van der Waals surface area contributed by atoms with Crippen molar-refractivity contribution in [1.82, 2.24) is 15.2 Å². The maximum absolute atomic E-state index is 4.06. The minimum absolute atomic E-state index is 0.165. The van der Waals surface area contributed by atoms with Crippen molar-refractivity contribution in [2.24, 2.45) is 0 Å². The fourth-order valence-electron chi connectivity index (χ4n) is 2.16. The predicted octanol–water partition coefficient (Wildman–Crippen LogP) is 2.29. The van der Waals surface area contributed by atoms with Crippen LogP contribution in [0.5, 0.6) is 0 Å². The molecular weight excluding hydrogens is 210 g/mol. The van der Waals surface area contributed by atoms with Crippen LogP contribution in [-0.4, -0.2) is 35.6 Å². The first-order valence-electron chi connectivity index (χ1n) is 6.32. The zero-order chi connectivity index (χ0) is 12.9. The number of likely N-dealkylation sites (N-methyl/N-ethyl adjacent to an activating group) is 2. The first-order chi connectivity index (χ1) is 8.04. The molecule has 2 atom stereocenters. The van der Waals surface area contributed by atoms with Crippen molar-refractivity contribution in [3.63, 3.8) is 0 Å². The van der Waals surface area contributed by atoms with Crippen LogP contribution in [0, 0.1) is 0 Å². The lowest BCUT2D eigenvalue weighted by molar-refractivity contribution is 0.0890. The van der Waals surface area contributed by atoms with E-state index in [0.717, 1.165) is 13.0 Å². The van der Waals surface area contributed by atoms with E-state index in [1.807, 2.05) is 19.4 Å². The minimum atomic E-state index is 0.165. The van der Waals surface area contributed by atoms with Gasteiger partial charge in [-0.3, -0.25) is 9.88 Å². The topological polar surface area (TPSA) is 28.2 Å². The summed E-state index contributed by atoms with van der Waals surface area (Å²) in [6.45, 7) is 7.76. The van der Waals surface area contributed by atoms with Gasteiger partial charge < -0.3 is 5.32 Å². The van der Waals surface area contributed by atoms with Crippen LogP contribution in [0.15, 0.2) is 24.5 Å². The monoisotopic (exact) mass is 235 g/mol. The highest BCUT2D eigenvalue weighted by atomic mass is 15.2. The van der Waals surface area contributed by atoms with Gasteiger partial charge in [0, 0.05) is 30.5 Å². The molecule has 96 valence electrons. The smallest absolute Gasteiger partial charge is 0.0329 e. The van der Waals surface area contributed by atoms with Crippen LogP contribution in [-0.2, 0) is 6.54 Å². The number of nitrogens with zero attached hydrogens (tertiary/aromatic N) is 2. The Morgan fingerprint density at radius 2 is 2.00 bits per heavy atom. The number of pyridine rings is 1. The van der Waals surface area contributed by atoms with Crippen LogP contribution in [0.4, 0.5) is 0 Å². The lowest BCUT2D eigenvalue weighted by Crippen LogP contribution is -2.55. The first kappa shape index (κ1) is 14.1. The molecule has 17 heavy (non-hydrogen) atoms. The van der Waals surface area contributed by atoms with E-state index >= 15 is 0 Å². The molecule has 0 saturated carbocycles. The van der Waals surface area contributed by atoms with Crippen molar-refractivity contribution in [3.8, 4) is 0 Å². The van der Waals surface area contributed by atoms with Gasteiger partial charge in [-0.15, -0.1) is 0 Å². The third-order valence-electron chi connectivity index (χ3n) is 4.12. The van der Waals surface area contributed by atoms with Crippen molar-refractivity contribution in [1.29, 1.82) is 0 Å². The maximum Gasteiger partial charge on any atom is 0.0329 e. The average Bonchev–Trinajstić information content (AvgIpc) is 2.37. The van der Waals surface area contributed by atoms with E-state index in [1.54, 1.807) is 0 Å². The average molecular weight is 235 g/mol. The van der Waals surface area contributed by atoms with Gasteiger partial charge in [0.1, 0.15) is 0 Å². The van der Waals surface area contributed by atoms with E-state index in [0.29, 0.717) is 6.04 Å². The second-order valence-electron chi connectivity index (χ2n) is 4.93. The molecule has 0 aliphatic heterocycles. The first-order valence-corrected chi connectivity index (χ1v) is 6.32. The highest BCUT2D eigenvalue weighted by Gasteiger charge is 2.32. The molecule has 1 N–H and O–H groups in total. The summed E-state index contributed by atoms with van der Waals surface area (Å²) in [5, 5.41) is 3.37. The summed E-state index contributed by atoms with van der Waals surface area (Å²) in [5.74, 6) is 0. The van der Waals surface area contributed by atoms with Crippen LogP contribution >= 0.6 is 0 Å². The Morgan fingerprint density at radius 1 is 1.41 bits per heavy atom. The Labute approximate surface area is 105 Å². The summed E-state index contributed by atoms with van der Waals surface area (Å²) in [4.78, 5) is 6.48. The van der Waals surface area contributed by atoms with Gasteiger partial charge in [-0.2, -0.15) is 0 Å². The molecule has 1 heterocycles. The number of rotatable bonds is 6. The van der Waals surface area contributed by atoms with Crippen LogP contribution in [0.2, 0.25) is 0 Å². The molecule has 0 aliphatic rings. The molecule has 2 unspecified atom stereocenters. The van der Waals surface area contributed by atoms with Crippen LogP contribution in [0.25, 0.3) is 0 Å². The van der Waals surface area contributed by atoms with E-state index in [9.17, 15) is 0 Å². The minimum Gasteiger partial charge on any atom is -0.315 e. The largest absolute Gasteiger partial charge is 0.315 e. The van der Waals surface area contributed by atoms with Crippen molar-refractivity contribution in [2.75, 3.05) is 14.1 Å². The van der Waals surface area contributed by atoms with Gasteiger partial charge in [0.2, 0.25) is 0 Å². The Balaban J connectivity index is 2.77. The summed E-state index contributed by atoms with van der Waals surface area (Å²) in [6.07, 6.45) is 4.83. The quantitative estimate of drug-likeness (QED) is 0.820. The molecule has 0 bridgehead atoms. The maximum atomic E-state index is 4.06. The van der Waals surface area contributed by atoms with E-state index in [1.165, 1.54) is 5.56 Å². The summed E-state index contributed by atoms with van der Waals surface area (Å²) in [5.41, 5.74) is 1.48. The highest BCUT2D eigenvalue weighted by Crippen LogP contribution is 2.23. The molecular formula is C14H25N3. The second-order valence-corrected chi connectivity index (χ2v) is 4.93. The Bertz CT molecular complexity index is 325. The standard InChI is InChI=1S/C14H25N3/c1-6-14(3,12(2)15-4)17(5)11-13-7-9-16-10-8-13/h7-10,12,15H,6,11H2,1-5H3.